The Morgan fingerprint density at radius 2 is 2.15 bits per heavy atom. The van der Waals surface area contributed by atoms with Crippen molar-refractivity contribution in [3.8, 4) is 0 Å². The zero-order valence-electron chi connectivity index (χ0n) is 10.8. The summed E-state index contributed by atoms with van der Waals surface area (Å²) < 4.78 is 43.2. The van der Waals surface area contributed by atoms with E-state index in [0.29, 0.717) is 23.4 Å². The first-order valence-corrected chi connectivity index (χ1v) is 6.30. The van der Waals surface area contributed by atoms with Crippen LogP contribution in [-0.2, 0) is 10.9 Å². The van der Waals surface area contributed by atoms with Crippen LogP contribution in [0, 0.1) is 0 Å². The van der Waals surface area contributed by atoms with E-state index < -0.39 is 11.7 Å². The molecule has 1 saturated heterocycles. The zero-order chi connectivity index (χ0) is 14.3. The molecule has 20 heavy (non-hydrogen) atoms. The predicted molar refractivity (Wildman–Crippen MR) is 67.3 cm³/mol. The molecule has 1 aliphatic heterocycles. The number of nitrogens with one attached hydrogen (secondary N) is 2. The lowest BCUT2D eigenvalue weighted by Crippen LogP contribution is -2.16. The first-order valence-electron chi connectivity index (χ1n) is 6.30. The van der Waals surface area contributed by atoms with Crippen LogP contribution in [0.2, 0.25) is 0 Å². The molecule has 0 spiro atoms. The molecule has 2 heterocycles. The maximum Gasteiger partial charge on any atom is 0.416 e. The summed E-state index contributed by atoms with van der Waals surface area (Å²) in [5, 5.41) is 3.24. The van der Waals surface area contributed by atoms with Gasteiger partial charge in [0.2, 0.25) is 0 Å². The molecule has 1 aromatic carbocycles. The molecule has 0 saturated carbocycles. The largest absolute Gasteiger partial charge is 0.416 e. The van der Waals surface area contributed by atoms with Gasteiger partial charge >= 0.3 is 6.18 Å². The van der Waals surface area contributed by atoms with Crippen molar-refractivity contribution in [3.05, 3.63) is 29.6 Å². The number of rotatable bonds is 2. The lowest BCUT2D eigenvalue weighted by Gasteiger charge is -2.06. The van der Waals surface area contributed by atoms with Gasteiger partial charge in [-0.2, -0.15) is 13.2 Å². The molecule has 2 aromatic rings. The number of aromatic nitrogens is 2. The molecular formula is C13H14F3N3O. The van der Waals surface area contributed by atoms with Gasteiger partial charge in [0.05, 0.1) is 28.7 Å². The number of hydrogen-bond donors (Lipinski definition) is 2. The van der Waals surface area contributed by atoms with Crippen LogP contribution < -0.4 is 5.32 Å². The van der Waals surface area contributed by atoms with Gasteiger partial charge in [-0.15, -0.1) is 0 Å². The fourth-order valence-corrected chi connectivity index (χ4v) is 2.46. The maximum absolute atomic E-state index is 12.7. The number of nitrogens with zero attached hydrogens (tertiary/aromatic N) is 1. The van der Waals surface area contributed by atoms with E-state index in [2.05, 4.69) is 15.3 Å². The first kappa shape index (κ1) is 13.4. The number of fused-ring (bicyclic) bond motifs is 1. The van der Waals surface area contributed by atoms with E-state index in [4.69, 9.17) is 4.74 Å². The van der Waals surface area contributed by atoms with Gasteiger partial charge in [0, 0.05) is 13.7 Å². The molecular weight excluding hydrogens is 271 g/mol. The number of methoxy groups -OCH3 is 1. The van der Waals surface area contributed by atoms with E-state index in [0.717, 1.165) is 18.6 Å². The van der Waals surface area contributed by atoms with Gasteiger partial charge in [-0.05, 0) is 24.6 Å². The molecule has 0 radical (unpaired) electrons. The van der Waals surface area contributed by atoms with E-state index in [1.165, 1.54) is 6.07 Å². The molecule has 108 valence electrons. The molecule has 1 fully saturated rings. The van der Waals surface area contributed by atoms with Gasteiger partial charge in [-0.25, -0.2) is 4.98 Å². The minimum absolute atomic E-state index is 0.0123. The van der Waals surface area contributed by atoms with E-state index in [9.17, 15) is 13.2 Å². The fraction of sp³-hybridized carbons (Fsp3) is 0.462. The van der Waals surface area contributed by atoms with Crippen molar-refractivity contribution in [2.24, 2.45) is 0 Å². The van der Waals surface area contributed by atoms with Crippen molar-refractivity contribution in [3.63, 3.8) is 0 Å². The van der Waals surface area contributed by atoms with Crippen molar-refractivity contribution in [2.45, 2.75) is 24.7 Å². The number of imidazole rings is 1. The van der Waals surface area contributed by atoms with Gasteiger partial charge < -0.3 is 15.0 Å². The molecule has 2 unspecified atom stereocenters. The van der Waals surface area contributed by atoms with Gasteiger partial charge in [-0.1, -0.05) is 0 Å². The number of H-pyrrole nitrogens is 1. The highest BCUT2D eigenvalue weighted by atomic mass is 19.4. The highest BCUT2D eigenvalue weighted by Crippen LogP contribution is 2.32. The van der Waals surface area contributed by atoms with Crippen LogP contribution in [0.25, 0.3) is 11.0 Å². The molecule has 4 nitrogen and oxygen atoms in total. The molecule has 0 aliphatic carbocycles. The molecule has 3 rings (SSSR count). The summed E-state index contributed by atoms with van der Waals surface area (Å²) in [6.45, 7) is 0.714. The van der Waals surface area contributed by atoms with Crippen LogP contribution in [0.15, 0.2) is 18.2 Å². The zero-order valence-corrected chi connectivity index (χ0v) is 10.8. The smallest absolute Gasteiger partial charge is 0.380 e. The standard InChI is InChI=1S/C13H14F3N3O/c1-20-8-5-11(17-6-8)12-18-9-3-2-7(13(14,15)16)4-10(9)19-12/h2-4,8,11,17H,5-6H2,1H3,(H,18,19). The normalized spacial score (nSPS) is 23.6. The Morgan fingerprint density at radius 3 is 2.80 bits per heavy atom. The molecule has 1 aromatic heterocycles. The molecule has 1 aliphatic rings. The van der Waals surface area contributed by atoms with Gasteiger partial charge in [-0.3, -0.25) is 0 Å². The third-order valence-electron chi connectivity index (χ3n) is 3.58. The van der Waals surface area contributed by atoms with Crippen LogP contribution in [0.5, 0.6) is 0 Å². The summed E-state index contributed by atoms with van der Waals surface area (Å²) in [7, 11) is 1.64. The summed E-state index contributed by atoms with van der Waals surface area (Å²) in [5.41, 5.74) is 0.266. The summed E-state index contributed by atoms with van der Waals surface area (Å²) in [5.74, 6) is 0.652. The minimum Gasteiger partial charge on any atom is -0.380 e. The van der Waals surface area contributed by atoms with Crippen LogP contribution in [-0.4, -0.2) is 29.7 Å². The van der Waals surface area contributed by atoms with Crippen molar-refractivity contribution >= 4 is 11.0 Å². The van der Waals surface area contributed by atoms with Crippen molar-refractivity contribution < 1.29 is 17.9 Å². The average molecular weight is 285 g/mol. The minimum atomic E-state index is -4.34. The Kier molecular flexibility index (Phi) is 3.18. The van der Waals surface area contributed by atoms with Gasteiger partial charge in [0.15, 0.2) is 0 Å². The predicted octanol–water partition coefficient (Wildman–Crippen LogP) is 2.63. The Balaban J connectivity index is 1.91. The fourth-order valence-electron chi connectivity index (χ4n) is 2.46. The second kappa shape index (κ2) is 4.75. The maximum atomic E-state index is 12.7. The van der Waals surface area contributed by atoms with Crippen molar-refractivity contribution in [2.75, 3.05) is 13.7 Å². The highest BCUT2D eigenvalue weighted by Gasteiger charge is 2.31. The highest BCUT2D eigenvalue weighted by molar-refractivity contribution is 5.76. The Morgan fingerprint density at radius 1 is 1.35 bits per heavy atom. The van der Waals surface area contributed by atoms with E-state index in [1.807, 2.05) is 0 Å². The Bertz CT molecular complexity index is 623. The van der Waals surface area contributed by atoms with Crippen LogP contribution in [0.1, 0.15) is 23.9 Å². The van der Waals surface area contributed by atoms with Crippen molar-refractivity contribution in [1.29, 1.82) is 0 Å². The number of aromatic amines is 1. The lowest BCUT2D eigenvalue weighted by molar-refractivity contribution is -0.137. The Labute approximate surface area is 113 Å². The number of alkyl halides is 3. The van der Waals surface area contributed by atoms with E-state index in [-0.39, 0.29) is 12.1 Å². The quantitative estimate of drug-likeness (QED) is 0.892. The third kappa shape index (κ3) is 2.38. The van der Waals surface area contributed by atoms with Crippen molar-refractivity contribution in [1.82, 2.24) is 15.3 Å². The summed E-state index contributed by atoms with van der Waals surface area (Å²) in [4.78, 5) is 7.31. The number of benzene rings is 1. The summed E-state index contributed by atoms with van der Waals surface area (Å²) in [6.07, 6.45) is -3.48. The SMILES string of the molecule is COC1CNC(c2nc3ccc(C(F)(F)F)cc3[nH]2)C1. The molecule has 2 atom stereocenters. The summed E-state index contributed by atoms with van der Waals surface area (Å²) in [6, 6.07) is 3.52. The van der Waals surface area contributed by atoms with E-state index >= 15 is 0 Å². The lowest BCUT2D eigenvalue weighted by atomic mass is 10.2. The second-order valence-electron chi connectivity index (χ2n) is 4.91. The topological polar surface area (TPSA) is 49.9 Å². The molecule has 0 bridgehead atoms. The van der Waals surface area contributed by atoms with Crippen LogP contribution in [0.4, 0.5) is 13.2 Å². The molecule has 2 N–H and O–H groups in total. The molecule has 7 heteroatoms. The number of hydrogen-bond acceptors (Lipinski definition) is 3. The number of halogens is 3. The number of ether oxygens (including phenoxy) is 1. The van der Waals surface area contributed by atoms with E-state index in [1.54, 1.807) is 7.11 Å². The monoisotopic (exact) mass is 285 g/mol. The van der Waals surface area contributed by atoms with Gasteiger partial charge in [0.25, 0.3) is 0 Å². The Hall–Kier alpha value is -1.60. The average Bonchev–Trinajstić information content (AvgIpc) is 3.02. The van der Waals surface area contributed by atoms with Gasteiger partial charge in [0.1, 0.15) is 5.82 Å². The van der Waals surface area contributed by atoms with Crippen LogP contribution >= 0.6 is 0 Å². The summed E-state index contributed by atoms with van der Waals surface area (Å²) >= 11 is 0. The first-order chi connectivity index (χ1) is 9.47. The third-order valence-corrected chi connectivity index (χ3v) is 3.58. The van der Waals surface area contributed by atoms with Crippen LogP contribution in [0.3, 0.4) is 0 Å². The second-order valence-corrected chi connectivity index (χ2v) is 4.91. The molecule has 0 amide bonds.